The van der Waals surface area contributed by atoms with Crippen molar-refractivity contribution in [2.45, 2.75) is 0 Å². The number of aromatic nitrogens is 4. The van der Waals surface area contributed by atoms with E-state index in [-0.39, 0.29) is 0 Å². The van der Waals surface area contributed by atoms with Crippen molar-refractivity contribution in [3.63, 3.8) is 0 Å². The summed E-state index contributed by atoms with van der Waals surface area (Å²) in [6, 6.07) is 5.33. The molecule has 0 unspecified atom stereocenters. The maximum Gasteiger partial charge on any atom is 0.179 e. The normalized spacial score (nSPS) is 10.5. The molecule has 4 heteroatoms. The molecule has 0 aliphatic carbocycles. The molecule has 0 N–H and O–H groups in total. The van der Waals surface area contributed by atoms with E-state index in [1.807, 2.05) is 0 Å². The Balaban J connectivity index is 2.95. The quantitative estimate of drug-likeness (QED) is 0.513. The van der Waals surface area contributed by atoms with Crippen LogP contribution in [-0.4, -0.2) is 20.0 Å². The van der Waals surface area contributed by atoms with Crippen LogP contribution in [0.5, 0.6) is 0 Å². The zero-order chi connectivity index (χ0) is 6.97. The summed E-state index contributed by atoms with van der Waals surface area (Å²) in [5.74, 6) is 0. The van der Waals surface area contributed by atoms with Crippen molar-refractivity contribution in [1.29, 1.82) is 0 Å². The van der Waals surface area contributed by atoms with Gasteiger partial charge in [0.1, 0.15) is 0 Å². The fourth-order valence-electron chi connectivity index (χ4n) is 0.785. The van der Waals surface area contributed by atoms with Gasteiger partial charge in [-0.1, -0.05) is 6.07 Å². The molecule has 2 aromatic rings. The van der Waals surface area contributed by atoms with Gasteiger partial charge in [0, 0.05) is 6.92 Å². The number of tetrazole rings is 1. The summed E-state index contributed by atoms with van der Waals surface area (Å²) >= 11 is 0. The molecule has 0 saturated heterocycles. The van der Waals surface area contributed by atoms with Crippen molar-refractivity contribution in [2.75, 3.05) is 0 Å². The molecule has 48 valence electrons. The molecule has 0 fully saturated rings. The van der Waals surface area contributed by atoms with Crippen molar-refractivity contribution in [2.24, 2.45) is 0 Å². The lowest BCUT2D eigenvalue weighted by Crippen LogP contribution is -1.91. The first-order valence-corrected chi connectivity index (χ1v) is 2.80. The monoisotopic (exact) mass is 132 g/mol. The van der Waals surface area contributed by atoms with Gasteiger partial charge < -0.3 is 0 Å². The number of rotatable bonds is 0. The topological polar surface area (TPSA) is 43.1 Å². The van der Waals surface area contributed by atoms with E-state index in [0.29, 0.717) is 11.3 Å². The van der Waals surface area contributed by atoms with E-state index < -0.39 is 0 Å². The van der Waals surface area contributed by atoms with Gasteiger partial charge >= 0.3 is 0 Å². The molecule has 2 radical (unpaired) electrons. The summed E-state index contributed by atoms with van der Waals surface area (Å²) in [7, 11) is 0. The third-order valence-corrected chi connectivity index (χ3v) is 1.25. The molecule has 2 rings (SSSR count). The Morgan fingerprint density at radius 3 is 3.10 bits per heavy atom. The molecule has 4 nitrogen and oxygen atoms in total. The van der Waals surface area contributed by atoms with Crippen molar-refractivity contribution in [3.8, 4) is 0 Å². The van der Waals surface area contributed by atoms with Gasteiger partial charge in [0.15, 0.2) is 5.65 Å². The summed E-state index contributed by atoms with van der Waals surface area (Å²) in [4.78, 5) is 0. The standard InChI is InChI=1S/C6H4N4/c1-5-3-2-4-6-7-8-9-10(5)6/h1-4H. The maximum atomic E-state index is 5.52. The number of fused-ring (bicyclic) bond motifs is 1. The highest BCUT2D eigenvalue weighted by atomic mass is 15.5. The Labute approximate surface area is 57.5 Å². The molecule has 2 aromatic heterocycles. The van der Waals surface area contributed by atoms with Crippen LogP contribution in [0.1, 0.15) is 5.69 Å². The molecule has 0 atom stereocenters. The number of pyridine rings is 1. The number of nitrogens with zero attached hydrogens (tertiary/aromatic N) is 4. The average Bonchev–Trinajstić information content (AvgIpc) is 2.36. The van der Waals surface area contributed by atoms with Crippen molar-refractivity contribution in [3.05, 3.63) is 30.8 Å². The summed E-state index contributed by atoms with van der Waals surface area (Å²) in [6.45, 7) is 5.52. The lowest BCUT2D eigenvalue weighted by Gasteiger charge is -1.91. The smallest absolute Gasteiger partial charge is 0.179 e. The third kappa shape index (κ3) is 0.586. The first-order chi connectivity index (χ1) is 4.88. The van der Waals surface area contributed by atoms with Gasteiger partial charge in [-0.2, -0.15) is 4.52 Å². The molecule has 0 saturated carbocycles. The van der Waals surface area contributed by atoms with Crippen molar-refractivity contribution >= 4 is 5.65 Å². The van der Waals surface area contributed by atoms with Gasteiger partial charge in [-0.25, -0.2) is 0 Å². The Kier molecular flexibility index (Phi) is 0.943. The van der Waals surface area contributed by atoms with Crippen LogP contribution < -0.4 is 0 Å². The third-order valence-electron chi connectivity index (χ3n) is 1.25. The molecular formula is C6H4N4. The largest absolute Gasteiger partial charge is 0.197 e. The summed E-state index contributed by atoms with van der Waals surface area (Å²) in [5.41, 5.74) is 1.21. The molecule has 0 amide bonds. The molecule has 0 bridgehead atoms. The van der Waals surface area contributed by atoms with Gasteiger partial charge in [0.2, 0.25) is 0 Å². The summed E-state index contributed by atoms with van der Waals surface area (Å²) in [5, 5.41) is 10.8. The summed E-state index contributed by atoms with van der Waals surface area (Å²) in [6.07, 6.45) is 0. The SMILES string of the molecule is [CH]c1cccc2nnnn12. The maximum absolute atomic E-state index is 5.52. The lowest BCUT2D eigenvalue weighted by atomic mass is 10.4. The lowest BCUT2D eigenvalue weighted by molar-refractivity contribution is 0.813. The van der Waals surface area contributed by atoms with Gasteiger partial charge in [-0.15, -0.1) is 5.10 Å². The van der Waals surface area contributed by atoms with Crippen LogP contribution in [0.3, 0.4) is 0 Å². The molecule has 0 aliphatic rings. The van der Waals surface area contributed by atoms with Gasteiger partial charge in [0.05, 0.1) is 5.69 Å². The van der Waals surface area contributed by atoms with Crippen LogP contribution in [0, 0.1) is 6.92 Å². The zero-order valence-corrected chi connectivity index (χ0v) is 5.10. The average molecular weight is 132 g/mol. The van der Waals surface area contributed by atoms with Crippen molar-refractivity contribution < 1.29 is 0 Å². The van der Waals surface area contributed by atoms with Gasteiger partial charge in [-0.3, -0.25) is 0 Å². The fourth-order valence-corrected chi connectivity index (χ4v) is 0.785. The zero-order valence-electron chi connectivity index (χ0n) is 5.10. The van der Waals surface area contributed by atoms with E-state index in [2.05, 4.69) is 15.5 Å². The predicted molar refractivity (Wildman–Crippen MR) is 34.2 cm³/mol. The molecule has 0 aromatic carbocycles. The minimum Gasteiger partial charge on any atom is -0.197 e. The Hall–Kier alpha value is -1.45. The van der Waals surface area contributed by atoms with Crippen LogP contribution in [0.2, 0.25) is 0 Å². The van der Waals surface area contributed by atoms with Gasteiger partial charge in [0.25, 0.3) is 0 Å². The fraction of sp³-hybridized carbons (Fsp3) is 0. The highest BCUT2D eigenvalue weighted by molar-refractivity contribution is 5.36. The Morgan fingerprint density at radius 2 is 2.30 bits per heavy atom. The van der Waals surface area contributed by atoms with Crippen LogP contribution in [0.25, 0.3) is 5.65 Å². The Morgan fingerprint density at radius 1 is 1.40 bits per heavy atom. The van der Waals surface area contributed by atoms with Crippen LogP contribution in [-0.2, 0) is 0 Å². The van der Waals surface area contributed by atoms with Gasteiger partial charge in [-0.05, 0) is 22.6 Å². The second kappa shape index (κ2) is 1.76. The molecule has 0 spiro atoms. The van der Waals surface area contributed by atoms with Crippen molar-refractivity contribution in [1.82, 2.24) is 20.0 Å². The number of hydrogen-bond acceptors (Lipinski definition) is 3. The summed E-state index contributed by atoms with van der Waals surface area (Å²) < 4.78 is 1.47. The molecule has 0 aliphatic heterocycles. The van der Waals surface area contributed by atoms with E-state index in [0.717, 1.165) is 0 Å². The van der Waals surface area contributed by atoms with Crippen LogP contribution in [0.15, 0.2) is 18.2 Å². The highest BCUT2D eigenvalue weighted by Crippen LogP contribution is 1.99. The van der Waals surface area contributed by atoms with E-state index in [9.17, 15) is 0 Å². The van der Waals surface area contributed by atoms with E-state index >= 15 is 0 Å². The highest BCUT2D eigenvalue weighted by Gasteiger charge is 1.95. The van der Waals surface area contributed by atoms with E-state index in [1.165, 1.54) is 4.52 Å². The first-order valence-electron chi connectivity index (χ1n) is 2.80. The van der Waals surface area contributed by atoms with Crippen LogP contribution in [0.4, 0.5) is 0 Å². The second-order valence-electron chi connectivity index (χ2n) is 1.90. The molecular weight excluding hydrogens is 128 g/mol. The molecule has 10 heavy (non-hydrogen) atoms. The van der Waals surface area contributed by atoms with E-state index in [1.54, 1.807) is 18.2 Å². The van der Waals surface area contributed by atoms with Crippen LogP contribution >= 0.6 is 0 Å². The first kappa shape index (κ1) is 5.34. The number of hydrogen-bond donors (Lipinski definition) is 0. The second-order valence-corrected chi connectivity index (χ2v) is 1.90. The predicted octanol–water partition coefficient (Wildman–Crippen LogP) is 0.183. The Bertz CT molecular complexity index is 351. The minimum absolute atomic E-state index is 0.544. The van der Waals surface area contributed by atoms with E-state index in [4.69, 9.17) is 6.92 Å². The minimum atomic E-state index is 0.544. The molecule has 2 heterocycles.